The molecule has 0 unspecified atom stereocenters. The summed E-state index contributed by atoms with van der Waals surface area (Å²) in [5, 5.41) is 0.591. The number of carbonyl (C=O) groups is 1. The first-order valence-electron chi connectivity index (χ1n) is 9.41. The molecular weight excluding hydrogens is 381 g/mol. The van der Waals surface area contributed by atoms with Gasteiger partial charge in [0.15, 0.2) is 5.78 Å². The maximum absolute atomic E-state index is 13.0. The third-order valence-electron chi connectivity index (χ3n) is 5.46. The molecule has 2 heterocycles. The molecule has 0 amide bonds. The average Bonchev–Trinajstić information content (AvgIpc) is 3.01. The Morgan fingerprint density at radius 3 is 2.54 bits per heavy atom. The molecule has 7 heteroatoms. The summed E-state index contributed by atoms with van der Waals surface area (Å²) in [4.78, 5) is 29.9. The second-order valence-electron chi connectivity index (χ2n) is 7.23. The quantitative estimate of drug-likeness (QED) is 0.663. The monoisotopic (exact) mass is 401 g/mol. The fourth-order valence-corrected chi connectivity index (χ4v) is 4.04. The third kappa shape index (κ3) is 3.88. The lowest BCUT2D eigenvalue weighted by Gasteiger charge is -2.31. The van der Waals surface area contributed by atoms with Crippen molar-refractivity contribution in [2.24, 2.45) is 5.92 Å². The van der Waals surface area contributed by atoms with Gasteiger partial charge < -0.3 is 9.88 Å². The number of aromatic nitrogens is 2. The van der Waals surface area contributed by atoms with Crippen LogP contribution in [0.4, 0.5) is 4.39 Å². The van der Waals surface area contributed by atoms with E-state index in [0.29, 0.717) is 17.1 Å². The van der Waals surface area contributed by atoms with Gasteiger partial charge in [0.2, 0.25) is 0 Å². The lowest BCUT2D eigenvalue weighted by Crippen LogP contribution is -2.38. The lowest BCUT2D eigenvalue weighted by molar-refractivity contribution is 0.0837. The van der Waals surface area contributed by atoms with E-state index in [4.69, 9.17) is 11.6 Å². The number of nitrogens with one attached hydrogen (secondary N) is 1. The fraction of sp³-hybridized carbons (Fsp3) is 0.333. The number of Topliss-reactive ketones (excluding diaryl/α,β-unsaturated/α-hetero) is 1. The number of H-pyrrole nitrogens is 1. The highest BCUT2D eigenvalue weighted by molar-refractivity contribution is 6.31. The van der Waals surface area contributed by atoms with Crippen molar-refractivity contribution in [2.75, 3.05) is 19.6 Å². The Hall–Kier alpha value is -2.44. The van der Waals surface area contributed by atoms with Crippen LogP contribution in [0.25, 0.3) is 11.0 Å². The molecule has 4 rings (SSSR count). The van der Waals surface area contributed by atoms with Gasteiger partial charge in [-0.15, -0.1) is 0 Å². The van der Waals surface area contributed by atoms with Crippen molar-refractivity contribution in [3.8, 4) is 0 Å². The summed E-state index contributed by atoms with van der Waals surface area (Å²) in [6.45, 7) is 2.94. The molecular formula is C21H21ClFN3O2. The van der Waals surface area contributed by atoms with Gasteiger partial charge >= 0.3 is 5.69 Å². The summed E-state index contributed by atoms with van der Waals surface area (Å²) in [5.74, 6) is -0.273. The SMILES string of the molecule is O=C(c1ccc(F)cc1)C1CCN(CCn2c(=O)[nH]c3cc(Cl)ccc32)CC1. The molecule has 1 N–H and O–H groups in total. The zero-order chi connectivity index (χ0) is 19.7. The van der Waals surface area contributed by atoms with Crippen LogP contribution in [-0.2, 0) is 6.54 Å². The van der Waals surface area contributed by atoms with Gasteiger partial charge in [-0.25, -0.2) is 9.18 Å². The highest BCUT2D eigenvalue weighted by Crippen LogP contribution is 2.22. The van der Waals surface area contributed by atoms with Crippen LogP contribution in [0.5, 0.6) is 0 Å². The minimum atomic E-state index is -0.332. The molecule has 146 valence electrons. The molecule has 0 spiro atoms. The Labute approximate surface area is 166 Å². The Morgan fingerprint density at radius 1 is 1.11 bits per heavy atom. The summed E-state index contributed by atoms with van der Waals surface area (Å²) in [6, 6.07) is 11.1. The van der Waals surface area contributed by atoms with E-state index in [9.17, 15) is 14.0 Å². The van der Waals surface area contributed by atoms with E-state index in [1.165, 1.54) is 12.1 Å². The van der Waals surface area contributed by atoms with Crippen LogP contribution in [0.2, 0.25) is 5.02 Å². The number of ketones is 1. The molecule has 1 aliphatic rings. The summed E-state index contributed by atoms with van der Waals surface area (Å²) >= 11 is 5.98. The van der Waals surface area contributed by atoms with E-state index in [1.807, 2.05) is 6.07 Å². The Bertz CT molecular complexity index is 1050. The number of rotatable bonds is 5. The number of carbonyl (C=O) groups excluding carboxylic acids is 1. The van der Waals surface area contributed by atoms with Crippen molar-refractivity contribution in [2.45, 2.75) is 19.4 Å². The molecule has 28 heavy (non-hydrogen) atoms. The Morgan fingerprint density at radius 2 is 1.82 bits per heavy atom. The molecule has 1 saturated heterocycles. The van der Waals surface area contributed by atoms with Crippen molar-refractivity contribution in [3.63, 3.8) is 0 Å². The van der Waals surface area contributed by atoms with Crippen molar-refractivity contribution in [1.82, 2.24) is 14.5 Å². The molecule has 0 atom stereocenters. The maximum Gasteiger partial charge on any atom is 0.326 e. The number of aromatic amines is 1. The zero-order valence-corrected chi connectivity index (χ0v) is 16.1. The molecule has 1 aromatic heterocycles. The normalized spacial score (nSPS) is 15.9. The van der Waals surface area contributed by atoms with Crippen LogP contribution >= 0.6 is 11.6 Å². The van der Waals surface area contributed by atoms with Crippen LogP contribution in [0.15, 0.2) is 47.3 Å². The van der Waals surface area contributed by atoms with Gasteiger partial charge in [0, 0.05) is 29.6 Å². The maximum atomic E-state index is 13.0. The molecule has 0 aliphatic carbocycles. The number of imidazole rings is 1. The predicted molar refractivity (Wildman–Crippen MR) is 107 cm³/mol. The third-order valence-corrected chi connectivity index (χ3v) is 5.70. The zero-order valence-electron chi connectivity index (χ0n) is 15.3. The molecule has 1 fully saturated rings. The molecule has 3 aromatic rings. The van der Waals surface area contributed by atoms with Gasteiger partial charge in [0.05, 0.1) is 11.0 Å². The lowest BCUT2D eigenvalue weighted by atomic mass is 9.89. The first-order valence-corrected chi connectivity index (χ1v) is 9.79. The van der Waals surface area contributed by atoms with Gasteiger partial charge in [-0.2, -0.15) is 0 Å². The number of halogens is 2. The number of nitrogens with zero attached hydrogens (tertiary/aromatic N) is 2. The number of piperidine rings is 1. The smallest absolute Gasteiger partial charge is 0.305 e. The van der Waals surface area contributed by atoms with Crippen LogP contribution in [-0.4, -0.2) is 39.9 Å². The average molecular weight is 402 g/mol. The number of hydrogen-bond donors (Lipinski definition) is 1. The van der Waals surface area contributed by atoms with E-state index in [1.54, 1.807) is 28.8 Å². The highest BCUT2D eigenvalue weighted by atomic mass is 35.5. The van der Waals surface area contributed by atoms with Crippen LogP contribution in [0.3, 0.4) is 0 Å². The van der Waals surface area contributed by atoms with Crippen molar-refractivity contribution in [3.05, 3.63) is 69.4 Å². The van der Waals surface area contributed by atoms with Gasteiger partial charge in [-0.3, -0.25) is 9.36 Å². The van der Waals surface area contributed by atoms with Gasteiger partial charge in [0.25, 0.3) is 0 Å². The van der Waals surface area contributed by atoms with Crippen molar-refractivity contribution < 1.29 is 9.18 Å². The first kappa shape index (κ1) is 18.9. The standard InChI is InChI=1S/C21H21ClFN3O2/c22-16-3-6-19-18(13-16)24-21(28)26(19)12-11-25-9-7-15(8-10-25)20(27)14-1-4-17(23)5-2-14/h1-6,13,15H,7-12H2,(H,24,28). The minimum absolute atomic E-state index is 0.0281. The second kappa shape index (κ2) is 7.89. The van der Waals surface area contributed by atoms with Crippen LogP contribution in [0, 0.1) is 11.7 Å². The Balaban J connectivity index is 1.35. The molecule has 0 bridgehead atoms. The first-order chi connectivity index (χ1) is 13.5. The molecule has 0 saturated carbocycles. The van der Waals surface area contributed by atoms with Crippen molar-refractivity contribution >= 4 is 28.4 Å². The van der Waals surface area contributed by atoms with E-state index in [0.717, 1.165) is 43.5 Å². The fourth-order valence-electron chi connectivity index (χ4n) is 3.87. The molecule has 5 nitrogen and oxygen atoms in total. The number of fused-ring (bicyclic) bond motifs is 1. The number of likely N-dealkylation sites (tertiary alicyclic amines) is 1. The van der Waals surface area contributed by atoms with E-state index >= 15 is 0 Å². The second-order valence-corrected chi connectivity index (χ2v) is 7.67. The summed E-state index contributed by atoms with van der Waals surface area (Å²) in [7, 11) is 0. The van der Waals surface area contributed by atoms with Gasteiger partial charge in [0.1, 0.15) is 5.82 Å². The highest BCUT2D eigenvalue weighted by Gasteiger charge is 2.25. The summed E-state index contributed by atoms with van der Waals surface area (Å²) < 4.78 is 14.8. The van der Waals surface area contributed by atoms with Gasteiger partial charge in [-0.1, -0.05) is 11.6 Å². The number of hydrogen-bond acceptors (Lipinski definition) is 3. The van der Waals surface area contributed by atoms with Crippen LogP contribution in [0.1, 0.15) is 23.2 Å². The minimum Gasteiger partial charge on any atom is -0.305 e. The molecule has 0 radical (unpaired) electrons. The van der Waals surface area contributed by atoms with Crippen molar-refractivity contribution in [1.29, 1.82) is 0 Å². The van der Waals surface area contributed by atoms with E-state index < -0.39 is 0 Å². The number of benzene rings is 2. The summed E-state index contributed by atoms with van der Waals surface area (Å²) in [6.07, 6.45) is 1.54. The largest absolute Gasteiger partial charge is 0.326 e. The van der Waals surface area contributed by atoms with E-state index in [2.05, 4.69) is 9.88 Å². The molecule has 1 aliphatic heterocycles. The molecule has 2 aromatic carbocycles. The van der Waals surface area contributed by atoms with Gasteiger partial charge in [-0.05, 0) is 68.4 Å². The van der Waals surface area contributed by atoms with Crippen LogP contribution < -0.4 is 5.69 Å². The van der Waals surface area contributed by atoms with E-state index in [-0.39, 0.29) is 23.2 Å². The predicted octanol–water partition coefficient (Wildman–Crippen LogP) is 3.72. The summed E-state index contributed by atoms with van der Waals surface area (Å²) in [5.41, 5.74) is 2.01. The Kier molecular flexibility index (Phi) is 5.33. The topological polar surface area (TPSA) is 58.1 Å².